The molecule has 2 aromatic rings. The molecule has 8 heteroatoms. The average molecular weight is 371 g/mol. The topological polar surface area (TPSA) is 89.3 Å². The van der Waals surface area contributed by atoms with Crippen LogP contribution in [0.4, 0.5) is 5.69 Å². The van der Waals surface area contributed by atoms with Crippen molar-refractivity contribution in [2.45, 2.75) is 22.0 Å². The van der Waals surface area contributed by atoms with Crippen LogP contribution < -0.4 is 10.5 Å². The Balaban J connectivity index is 2.02. The van der Waals surface area contributed by atoms with Crippen molar-refractivity contribution in [2.24, 2.45) is 5.14 Å². The van der Waals surface area contributed by atoms with Gasteiger partial charge in [0.1, 0.15) is 0 Å². The van der Waals surface area contributed by atoms with E-state index < -0.39 is 10.0 Å². The number of carbonyl (C=O) groups excluding carboxylic acids is 1. The lowest BCUT2D eigenvalue weighted by molar-refractivity contribution is -0.115. The summed E-state index contributed by atoms with van der Waals surface area (Å²) >= 11 is 7.42. The number of benzene rings is 2. The first kappa shape index (κ1) is 17.8. The van der Waals surface area contributed by atoms with E-state index in [4.69, 9.17) is 16.7 Å². The Kier molecular flexibility index (Phi) is 5.69. The lowest BCUT2D eigenvalue weighted by Gasteiger charge is -2.13. The highest BCUT2D eigenvalue weighted by atomic mass is 35.5. The standard InChI is InChI=1S/C15H15ClN2O3S2/c1-10(22-14-5-3-2-4-13(14)16)15(19)18-11-6-8-12(9-7-11)23(17,20)21/h2-10H,1H3,(H,18,19)(H2,17,20,21)/t10-/m0/s1. The number of halogens is 1. The Bertz CT molecular complexity index is 808. The molecule has 0 saturated carbocycles. The minimum absolute atomic E-state index is 0.00556. The maximum Gasteiger partial charge on any atom is 0.238 e. The number of thioether (sulfide) groups is 1. The van der Waals surface area contributed by atoms with Crippen LogP contribution >= 0.6 is 23.4 Å². The van der Waals surface area contributed by atoms with Crippen molar-refractivity contribution in [2.75, 3.05) is 5.32 Å². The first-order valence-corrected chi connectivity index (χ1v) is 9.42. The molecule has 3 N–H and O–H groups in total. The normalized spacial score (nSPS) is 12.7. The van der Waals surface area contributed by atoms with Gasteiger partial charge in [-0.25, -0.2) is 13.6 Å². The van der Waals surface area contributed by atoms with Crippen LogP contribution in [0.5, 0.6) is 0 Å². The van der Waals surface area contributed by atoms with Crippen LogP contribution in [0.2, 0.25) is 5.02 Å². The number of rotatable bonds is 5. The average Bonchev–Trinajstić information content (AvgIpc) is 2.49. The van der Waals surface area contributed by atoms with Crippen LogP contribution in [-0.4, -0.2) is 19.6 Å². The van der Waals surface area contributed by atoms with Crippen LogP contribution in [0.25, 0.3) is 0 Å². The molecule has 0 fully saturated rings. The Morgan fingerprint density at radius 2 is 1.78 bits per heavy atom. The molecule has 0 heterocycles. The Morgan fingerprint density at radius 1 is 1.17 bits per heavy atom. The van der Waals surface area contributed by atoms with E-state index in [0.29, 0.717) is 10.7 Å². The molecule has 2 rings (SSSR count). The quantitative estimate of drug-likeness (QED) is 0.791. The Hall–Kier alpha value is -1.54. The fraction of sp³-hybridized carbons (Fsp3) is 0.133. The van der Waals surface area contributed by atoms with Gasteiger partial charge in [-0.2, -0.15) is 0 Å². The van der Waals surface area contributed by atoms with Crippen molar-refractivity contribution in [3.63, 3.8) is 0 Å². The molecule has 0 aliphatic heterocycles. The second kappa shape index (κ2) is 7.35. The van der Waals surface area contributed by atoms with Gasteiger partial charge in [-0.3, -0.25) is 4.79 Å². The zero-order chi connectivity index (χ0) is 17.0. The molecular formula is C15H15ClN2O3S2. The van der Waals surface area contributed by atoms with Gasteiger partial charge in [-0.05, 0) is 43.3 Å². The largest absolute Gasteiger partial charge is 0.325 e. The fourth-order valence-corrected chi connectivity index (χ4v) is 3.43. The lowest BCUT2D eigenvalue weighted by atomic mass is 10.3. The Labute approximate surface area is 144 Å². The summed E-state index contributed by atoms with van der Waals surface area (Å²) in [6.07, 6.45) is 0. The van der Waals surface area contributed by atoms with Crippen molar-refractivity contribution in [1.82, 2.24) is 0 Å². The summed E-state index contributed by atoms with van der Waals surface area (Å²) in [6.45, 7) is 1.77. The highest BCUT2D eigenvalue weighted by Gasteiger charge is 2.16. The molecule has 23 heavy (non-hydrogen) atoms. The van der Waals surface area contributed by atoms with Gasteiger partial charge < -0.3 is 5.32 Å². The third-order valence-corrected chi connectivity index (χ3v) is 5.51. The molecule has 0 aliphatic carbocycles. The molecule has 0 unspecified atom stereocenters. The summed E-state index contributed by atoms with van der Waals surface area (Å²) in [7, 11) is -3.74. The van der Waals surface area contributed by atoms with E-state index in [1.54, 1.807) is 13.0 Å². The van der Waals surface area contributed by atoms with Crippen molar-refractivity contribution in [3.05, 3.63) is 53.6 Å². The summed E-state index contributed by atoms with van der Waals surface area (Å²) in [5.41, 5.74) is 0.494. The zero-order valence-corrected chi connectivity index (χ0v) is 14.6. The van der Waals surface area contributed by atoms with Crippen LogP contribution in [-0.2, 0) is 14.8 Å². The molecule has 0 saturated heterocycles. The number of primary sulfonamides is 1. The summed E-state index contributed by atoms with van der Waals surface area (Å²) in [6, 6.07) is 13.0. The highest BCUT2D eigenvalue weighted by Crippen LogP contribution is 2.30. The minimum atomic E-state index is -3.74. The summed E-state index contributed by atoms with van der Waals surface area (Å²) in [5.74, 6) is -0.210. The van der Waals surface area contributed by atoms with Crippen molar-refractivity contribution < 1.29 is 13.2 Å². The predicted molar refractivity (Wildman–Crippen MR) is 93.2 cm³/mol. The second-order valence-corrected chi connectivity index (χ2v) is 8.10. The summed E-state index contributed by atoms with van der Waals surface area (Å²) in [4.78, 5) is 13.0. The number of carbonyl (C=O) groups is 1. The van der Waals surface area contributed by atoms with Crippen LogP contribution in [0.1, 0.15) is 6.92 Å². The van der Waals surface area contributed by atoms with E-state index in [1.807, 2.05) is 18.2 Å². The maximum atomic E-state index is 12.2. The molecule has 5 nitrogen and oxygen atoms in total. The number of amides is 1. The third kappa shape index (κ3) is 4.97. The van der Waals surface area contributed by atoms with Crippen molar-refractivity contribution >= 4 is 45.0 Å². The number of sulfonamides is 1. The third-order valence-electron chi connectivity index (χ3n) is 2.96. The van der Waals surface area contributed by atoms with Crippen molar-refractivity contribution in [3.8, 4) is 0 Å². The zero-order valence-electron chi connectivity index (χ0n) is 12.2. The number of nitrogens with one attached hydrogen (secondary N) is 1. The second-order valence-electron chi connectivity index (χ2n) is 4.75. The van der Waals surface area contributed by atoms with E-state index in [0.717, 1.165) is 4.90 Å². The molecular weight excluding hydrogens is 356 g/mol. The van der Waals surface area contributed by atoms with Gasteiger partial charge in [0, 0.05) is 10.6 Å². The number of nitrogens with two attached hydrogens (primary N) is 1. The molecule has 0 bridgehead atoms. The smallest absolute Gasteiger partial charge is 0.238 e. The molecule has 0 radical (unpaired) electrons. The summed E-state index contributed by atoms with van der Waals surface area (Å²) < 4.78 is 22.4. The van der Waals surface area contributed by atoms with Gasteiger partial charge in [0.25, 0.3) is 0 Å². The van der Waals surface area contributed by atoms with E-state index in [-0.39, 0.29) is 16.1 Å². The van der Waals surface area contributed by atoms with Crippen LogP contribution in [0.15, 0.2) is 58.3 Å². The summed E-state index contributed by atoms with van der Waals surface area (Å²) in [5, 5.41) is 7.97. The van der Waals surface area contributed by atoms with Crippen molar-refractivity contribution in [1.29, 1.82) is 0 Å². The molecule has 0 aromatic heterocycles. The van der Waals surface area contributed by atoms with E-state index in [2.05, 4.69) is 5.32 Å². The van der Waals surface area contributed by atoms with E-state index in [9.17, 15) is 13.2 Å². The molecule has 122 valence electrons. The molecule has 0 spiro atoms. The predicted octanol–water partition coefficient (Wildman–Crippen LogP) is 3.11. The van der Waals surface area contributed by atoms with Crippen LogP contribution in [0, 0.1) is 0 Å². The number of anilines is 1. The van der Waals surface area contributed by atoms with Gasteiger partial charge in [-0.15, -0.1) is 11.8 Å². The first-order valence-electron chi connectivity index (χ1n) is 6.62. The maximum absolute atomic E-state index is 12.2. The lowest BCUT2D eigenvalue weighted by Crippen LogP contribution is -2.22. The van der Waals surface area contributed by atoms with Gasteiger partial charge in [0.15, 0.2) is 0 Å². The van der Waals surface area contributed by atoms with Gasteiger partial charge >= 0.3 is 0 Å². The minimum Gasteiger partial charge on any atom is -0.325 e. The highest BCUT2D eigenvalue weighted by molar-refractivity contribution is 8.00. The SMILES string of the molecule is C[C@H](Sc1ccccc1Cl)C(=O)Nc1ccc(S(N)(=O)=O)cc1. The van der Waals surface area contributed by atoms with E-state index in [1.165, 1.54) is 36.0 Å². The van der Waals surface area contributed by atoms with E-state index >= 15 is 0 Å². The first-order chi connectivity index (χ1) is 10.8. The fourth-order valence-electron chi connectivity index (χ4n) is 1.76. The van der Waals surface area contributed by atoms with Gasteiger partial charge in [0.2, 0.25) is 15.9 Å². The van der Waals surface area contributed by atoms with Gasteiger partial charge in [-0.1, -0.05) is 23.7 Å². The monoisotopic (exact) mass is 370 g/mol. The van der Waals surface area contributed by atoms with Gasteiger partial charge in [0.05, 0.1) is 15.2 Å². The molecule has 2 aromatic carbocycles. The number of hydrogen-bond donors (Lipinski definition) is 2. The Morgan fingerprint density at radius 3 is 2.35 bits per heavy atom. The molecule has 1 atom stereocenters. The van der Waals surface area contributed by atoms with Crippen LogP contribution in [0.3, 0.4) is 0 Å². The molecule has 1 amide bonds. The molecule has 0 aliphatic rings. The number of hydrogen-bond acceptors (Lipinski definition) is 4.